The molecule has 1 fully saturated rings. The number of hydrogen-bond donors (Lipinski definition) is 2. The standard InChI is InChI=1S/C20H22FN3O2/c21-16-5-3-4-15(12-16)8-11-26-20-13-19(25)23-17-6-1-2-7-18(17)24(20)10-9-22-14-20/h1-7,12,22H,8-11,13-14H2,(H,23,25). The smallest absolute Gasteiger partial charge is 0.229 e. The lowest BCUT2D eigenvalue weighted by Gasteiger charge is -2.47. The second-order valence-electron chi connectivity index (χ2n) is 6.75. The van der Waals surface area contributed by atoms with E-state index in [2.05, 4.69) is 15.5 Å². The van der Waals surface area contributed by atoms with E-state index in [-0.39, 0.29) is 18.1 Å². The van der Waals surface area contributed by atoms with Gasteiger partial charge in [-0.05, 0) is 36.2 Å². The van der Waals surface area contributed by atoms with E-state index in [4.69, 9.17) is 4.74 Å². The van der Waals surface area contributed by atoms with Crippen molar-refractivity contribution in [3.8, 4) is 0 Å². The maximum Gasteiger partial charge on any atom is 0.229 e. The molecule has 0 aromatic heterocycles. The van der Waals surface area contributed by atoms with E-state index in [1.165, 1.54) is 12.1 Å². The Kier molecular flexibility index (Phi) is 4.61. The van der Waals surface area contributed by atoms with Crippen molar-refractivity contribution in [2.24, 2.45) is 0 Å². The van der Waals surface area contributed by atoms with Crippen LogP contribution in [0.2, 0.25) is 0 Å². The summed E-state index contributed by atoms with van der Waals surface area (Å²) in [6.45, 7) is 2.57. The van der Waals surface area contributed by atoms with Gasteiger partial charge in [-0.25, -0.2) is 4.39 Å². The van der Waals surface area contributed by atoms with E-state index in [0.717, 1.165) is 30.0 Å². The predicted molar refractivity (Wildman–Crippen MR) is 98.7 cm³/mol. The van der Waals surface area contributed by atoms with Crippen LogP contribution in [0.3, 0.4) is 0 Å². The molecule has 2 aromatic carbocycles. The second kappa shape index (κ2) is 7.05. The Morgan fingerprint density at radius 2 is 2.08 bits per heavy atom. The summed E-state index contributed by atoms with van der Waals surface area (Å²) in [5, 5.41) is 6.34. The Balaban J connectivity index is 1.58. The van der Waals surface area contributed by atoms with Gasteiger partial charge < -0.3 is 20.3 Å². The van der Waals surface area contributed by atoms with Gasteiger partial charge in [-0.15, -0.1) is 0 Å². The largest absolute Gasteiger partial charge is 0.353 e. The quantitative estimate of drug-likeness (QED) is 0.885. The van der Waals surface area contributed by atoms with Crippen LogP contribution in [0.15, 0.2) is 48.5 Å². The molecule has 0 spiro atoms. The van der Waals surface area contributed by atoms with Crippen molar-refractivity contribution in [3.63, 3.8) is 0 Å². The molecule has 2 heterocycles. The molecular weight excluding hydrogens is 333 g/mol. The summed E-state index contributed by atoms with van der Waals surface area (Å²) in [5.41, 5.74) is 1.94. The van der Waals surface area contributed by atoms with Crippen LogP contribution in [0.1, 0.15) is 12.0 Å². The lowest BCUT2D eigenvalue weighted by atomic mass is 10.0. The van der Waals surface area contributed by atoms with E-state index >= 15 is 0 Å². The zero-order valence-corrected chi connectivity index (χ0v) is 14.5. The number of fused-ring (bicyclic) bond motifs is 3. The van der Waals surface area contributed by atoms with Gasteiger partial charge in [0.2, 0.25) is 5.91 Å². The third-order valence-electron chi connectivity index (χ3n) is 4.96. The molecule has 2 aliphatic rings. The topological polar surface area (TPSA) is 53.6 Å². The Morgan fingerprint density at radius 1 is 1.19 bits per heavy atom. The molecule has 1 amide bonds. The highest BCUT2D eigenvalue weighted by Gasteiger charge is 2.44. The minimum Gasteiger partial charge on any atom is -0.353 e. The van der Waals surface area contributed by atoms with Crippen LogP contribution >= 0.6 is 0 Å². The van der Waals surface area contributed by atoms with Gasteiger partial charge in [-0.2, -0.15) is 0 Å². The van der Waals surface area contributed by atoms with Crippen molar-refractivity contribution in [1.82, 2.24) is 5.32 Å². The lowest BCUT2D eigenvalue weighted by molar-refractivity contribution is -0.125. The average molecular weight is 355 g/mol. The van der Waals surface area contributed by atoms with Crippen molar-refractivity contribution < 1.29 is 13.9 Å². The van der Waals surface area contributed by atoms with Gasteiger partial charge in [0.15, 0.2) is 5.72 Å². The fourth-order valence-corrected chi connectivity index (χ4v) is 3.76. The van der Waals surface area contributed by atoms with Crippen LogP contribution < -0.4 is 15.5 Å². The fourth-order valence-electron chi connectivity index (χ4n) is 3.76. The molecule has 0 radical (unpaired) electrons. The van der Waals surface area contributed by atoms with Crippen molar-refractivity contribution in [2.45, 2.75) is 18.6 Å². The van der Waals surface area contributed by atoms with Gasteiger partial charge in [-0.1, -0.05) is 24.3 Å². The molecule has 0 saturated carbocycles. The number of ether oxygens (including phenoxy) is 1. The molecule has 1 unspecified atom stereocenters. The number of carbonyl (C=O) groups is 1. The average Bonchev–Trinajstić information content (AvgIpc) is 2.75. The summed E-state index contributed by atoms with van der Waals surface area (Å²) in [6.07, 6.45) is 0.842. The molecule has 4 rings (SSSR count). The van der Waals surface area contributed by atoms with Crippen molar-refractivity contribution in [3.05, 3.63) is 59.9 Å². The summed E-state index contributed by atoms with van der Waals surface area (Å²) < 4.78 is 19.7. The van der Waals surface area contributed by atoms with Crippen molar-refractivity contribution in [2.75, 3.05) is 36.5 Å². The Bertz CT molecular complexity index is 813. The summed E-state index contributed by atoms with van der Waals surface area (Å²) in [7, 11) is 0. The van der Waals surface area contributed by atoms with E-state index in [9.17, 15) is 9.18 Å². The van der Waals surface area contributed by atoms with Gasteiger partial charge in [0.25, 0.3) is 0 Å². The van der Waals surface area contributed by atoms with Crippen LogP contribution in [0.5, 0.6) is 0 Å². The molecule has 26 heavy (non-hydrogen) atoms. The zero-order chi connectivity index (χ0) is 18.0. The number of carbonyl (C=O) groups excluding carboxylic acids is 1. The van der Waals surface area contributed by atoms with Crippen LogP contribution in [0.4, 0.5) is 15.8 Å². The summed E-state index contributed by atoms with van der Waals surface area (Å²) in [6, 6.07) is 14.3. The van der Waals surface area contributed by atoms with Crippen LogP contribution in [-0.2, 0) is 16.0 Å². The van der Waals surface area contributed by atoms with Gasteiger partial charge in [-0.3, -0.25) is 4.79 Å². The number of hydrogen-bond acceptors (Lipinski definition) is 4. The molecule has 0 aliphatic carbocycles. The Hall–Kier alpha value is -2.44. The molecular formula is C20H22FN3O2. The highest BCUT2D eigenvalue weighted by molar-refractivity contribution is 5.97. The van der Waals surface area contributed by atoms with Crippen LogP contribution in [0.25, 0.3) is 0 Å². The first-order chi connectivity index (χ1) is 12.7. The molecule has 1 saturated heterocycles. The summed E-state index contributed by atoms with van der Waals surface area (Å²) >= 11 is 0. The number of anilines is 2. The monoisotopic (exact) mass is 355 g/mol. The molecule has 0 bridgehead atoms. The first-order valence-corrected chi connectivity index (χ1v) is 8.92. The van der Waals surface area contributed by atoms with Gasteiger partial charge >= 0.3 is 0 Å². The number of benzene rings is 2. The van der Waals surface area contributed by atoms with E-state index in [0.29, 0.717) is 19.6 Å². The number of nitrogens with one attached hydrogen (secondary N) is 2. The number of piperazine rings is 1. The Labute approximate surface area is 152 Å². The normalized spacial score (nSPS) is 22.2. The van der Waals surface area contributed by atoms with E-state index < -0.39 is 5.72 Å². The SMILES string of the molecule is O=C1CC2(OCCc3cccc(F)c3)CNCCN2c2ccccc2N1. The molecule has 136 valence electrons. The van der Waals surface area contributed by atoms with Crippen molar-refractivity contribution >= 4 is 17.3 Å². The van der Waals surface area contributed by atoms with E-state index in [1.807, 2.05) is 30.3 Å². The molecule has 2 N–H and O–H groups in total. The molecule has 2 aromatic rings. The van der Waals surface area contributed by atoms with Crippen molar-refractivity contribution in [1.29, 1.82) is 0 Å². The highest BCUT2D eigenvalue weighted by Crippen LogP contribution is 2.37. The Morgan fingerprint density at radius 3 is 2.96 bits per heavy atom. The molecule has 2 aliphatic heterocycles. The fraction of sp³-hybridized carbons (Fsp3) is 0.350. The predicted octanol–water partition coefficient (Wildman–Crippen LogP) is 2.53. The first-order valence-electron chi connectivity index (χ1n) is 8.92. The third kappa shape index (κ3) is 3.30. The van der Waals surface area contributed by atoms with Crippen LogP contribution in [-0.4, -0.2) is 37.9 Å². The minimum atomic E-state index is -0.734. The number of rotatable bonds is 4. The number of nitrogens with zero attached hydrogens (tertiary/aromatic N) is 1. The van der Waals surface area contributed by atoms with Gasteiger partial charge in [0.05, 0.1) is 24.4 Å². The number of halogens is 1. The van der Waals surface area contributed by atoms with Crippen LogP contribution in [0, 0.1) is 5.82 Å². The molecule has 1 atom stereocenters. The van der Waals surface area contributed by atoms with Gasteiger partial charge in [0.1, 0.15) is 5.82 Å². The second-order valence-corrected chi connectivity index (χ2v) is 6.75. The first kappa shape index (κ1) is 17.0. The molecule has 5 nitrogen and oxygen atoms in total. The number of para-hydroxylation sites is 2. The van der Waals surface area contributed by atoms with E-state index in [1.54, 1.807) is 6.07 Å². The third-order valence-corrected chi connectivity index (χ3v) is 4.96. The number of amides is 1. The highest BCUT2D eigenvalue weighted by atomic mass is 19.1. The summed E-state index contributed by atoms with van der Waals surface area (Å²) in [5.74, 6) is -0.307. The maximum absolute atomic E-state index is 13.4. The van der Waals surface area contributed by atoms with Gasteiger partial charge in [0, 0.05) is 19.6 Å². The molecule has 6 heteroatoms. The maximum atomic E-state index is 13.4. The minimum absolute atomic E-state index is 0.0607. The lowest BCUT2D eigenvalue weighted by Crippen LogP contribution is -2.63. The zero-order valence-electron chi connectivity index (χ0n) is 14.5. The summed E-state index contributed by atoms with van der Waals surface area (Å²) in [4.78, 5) is 14.7.